The second-order valence-corrected chi connectivity index (χ2v) is 7.40. The summed E-state index contributed by atoms with van der Waals surface area (Å²) in [7, 11) is 1.57. The molecule has 3 aromatic rings. The molecule has 4 rings (SSSR count). The van der Waals surface area contributed by atoms with E-state index in [0.717, 1.165) is 12.8 Å². The van der Waals surface area contributed by atoms with E-state index in [0.29, 0.717) is 36.6 Å². The summed E-state index contributed by atoms with van der Waals surface area (Å²) in [6.45, 7) is 1.24. The van der Waals surface area contributed by atoms with Gasteiger partial charge in [-0.2, -0.15) is 5.10 Å². The highest BCUT2D eigenvalue weighted by Gasteiger charge is 2.26. The summed E-state index contributed by atoms with van der Waals surface area (Å²) in [4.78, 5) is 26.8. The first kappa shape index (κ1) is 19.9. The molecule has 7 nitrogen and oxygen atoms in total. The number of carbonyl (C=O) groups is 1. The molecule has 2 aromatic carbocycles. The maximum Gasteiger partial charge on any atom is 0.348 e. The van der Waals surface area contributed by atoms with Crippen molar-refractivity contribution in [1.82, 2.24) is 19.7 Å². The number of nitrogens with one attached hydrogen (secondary N) is 1. The number of amides is 1. The average molecular weight is 410 g/mol. The largest absolute Gasteiger partial charge is 0.497 e. The van der Waals surface area contributed by atoms with Crippen molar-refractivity contribution < 1.29 is 13.9 Å². The first-order valence-electron chi connectivity index (χ1n) is 9.91. The Labute approximate surface area is 173 Å². The van der Waals surface area contributed by atoms with Crippen molar-refractivity contribution in [3.8, 4) is 11.4 Å². The lowest BCUT2D eigenvalue weighted by atomic mass is 9.92. The zero-order valence-electron chi connectivity index (χ0n) is 16.7. The molecule has 1 aliphatic rings. The minimum absolute atomic E-state index is 0.0182. The number of para-hydroxylation sites is 1. The lowest BCUT2D eigenvalue weighted by Gasteiger charge is -2.32. The number of hydrogen-bond acceptors (Lipinski definition) is 4. The number of benzene rings is 2. The van der Waals surface area contributed by atoms with Crippen LogP contribution in [0.5, 0.6) is 5.75 Å². The molecular formula is C22H23FN4O3. The number of rotatable bonds is 5. The van der Waals surface area contributed by atoms with Crippen molar-refractivity contribution in [2.75, 3.05) is 20.2 Å². The number of H-pyrrole nitrogens is 1. The number of halogens is 1. The Bertz CT molecular complexity index is 1100. The Morgan fingerprint density at radius 3 is 2.70 bits per heavy atom. The van der Waals surface area contributed by atoms with Crippen LogP contribution in [0.3, 0.4) is 0 Å². The summed E-state index contributed by atoms with van der Waals surface area (Å²) in [6.07, 6.45) is 2.11. The molecule has 0 unspecified atom stereocenters. The molecule has 30 heavy (non-hydrogen) atoms. The van der Waals surface area contributed by atoms with Crippen LogP contribution in [0, 0.1) is 11.7 Å². The van der Waals surface area contributed by atoms with Crippen LogP contribution in [0.4, 0.5) is 4.39 Å². The normalized spacial score (nSPS) is 14.7. The number of hydrogen-bond donors (Lipinski definition) is 1. The van der Waals surface area contributed by atoms with Crippen LogP contribution in [0.1, 0.15) is 29.0 Å². The number of nitrogens with zero attached hydrogens (tertiary/aromatic N) is 3. The Hall–Kier alpha value is -3.42. The predicted molar refractivity (Wildman–Crippen MR) is 109 cm³/mol. The quantitative estimate of drug-likeness (QED) is 0.702. The van der Waals surface area contributed by atoms with Crippen LogP contribution < -0.4 is 10.4 Å². The molecule has 156 valence electrons. The molecular weight excluding hydrogens is 387 g/mol. The first-order chi connectivity index (χ1) is 14.6. The highest BCUT2D eigenvalue weighted by Crippen LogP contribution is 2.24. The van der Waals surface area contributed by atoms with Gasteiger partial charge in [-0.1, -0.05) is 18.2 Å². The summed E-state index contributed by atoms with van der Waals surface area (Å²) < 4.78 is 20.7. The van der Waals surface area contributed by atoms with Gasteiger partial charge in [0.05, 0.1) is 12.8 Å². The van der Waals surface area contributed by atoms with E-state index in [1.165, 1.54) is 10.6 Å². The topological polar surface area (TPSA) is 80.2 Å². The maximum absolute atomic E-state index is 14.2. The van der Waals surface area contributed by atoms with E-state index < -0.39 is 11.5 Å². The third-order valence-electron chi connectivity index (χ3n) is 5.52. The number of carbonyl (C=O) groups excluding carboxylic acids is 1. The number of ether oxygens (including phenoxy) is 1. The second kappa shape index (κ2) is 8.52. The van der Waals surface area contributed by atoms with Gasteiger partial charge in [0, 0.05) is 25.1 Å². The van der Waals surface area contributed by atoms with Gasteiger partial charge < -0.3 is 9.64 Å². The molecule has 1 aliphatic heterocycles. The van der Waals surface area contributed by atoms with Crippen LogP contribution >= 0.6 is 0 Å². The van der Waals surface area contributed by atoms with E-state index in [4.69, 9.17) is 4.74 Å². The average Bonchev–Trinajstić information content (AvgIpc) is 3.14. The number of aromatic nitrogens is 3. The standard InChI is InChI=1S/C22H23FN4O3/c1-30-17-6-4-5-16(14-17)21(28)26-11-9-15(10-12-26)13-20-24-25-22(29)27(20)19-8-3-2-7-18(19)23/h2-8,14-15H,9-13H2,1H3,(H,25,29). The summed E-state index contributed by atoms with van der Waals surface area (Å²) in [5.41, 5.74) is 0.339. The molecule has 2 heterocycles. The molecule has 1 saturated heterocycles. The molecule has 1 fully saturated rings. The monoisotopic (exact) mass is 410 g/mol. The Balaban J connectivity index is 1.43. The minimum atomic E-state index is -0.471. The molecule has 0 bridgehead atoms. The molecule has 1 amide bonds. The van der Waals surface area contributed by atoms with Gasteiger partial charge in [0.25, 0.3) is 5.91 Å². The molecule has 0 radical (unpaired) electrons. The molecule has 0 aliphatic carbocycles. The van der Waals surface area contributed by atoms with Gasteiger partial charge in [-0.3, -0.25) is 4.79 Å². The van der Waals surface area contributed by atoms with Crippen molar-refractivity contribution in [3.63, 3.8) is 0 Å². The van der Waals surface area contributed by atoms with Gasteiger partial charge in [-0.15, -0.1) is 0 Å². The van der Waals surface area contributed by atoms with Crippen LogP contribution in [0.2, 0.25) is 0 Å². The van der Waals surface area contributed by atoms with Crippen molar-refractivity contribution in [1.29, 1.82) is 0 Å². The second-order valence-electron chi connectivity index (χ2n) is 7.40. The Morgan fingerprint density at radius 1 is 1.20 bits per heavy atom. The fourth-order valence-corrected chi connectivity index (χ4v) is 3.89. The van der Waals surface area contributed by atoms with Gasteiger partial charge in [-0.25, -0.2) is 18.9 Å². The van der Waals surface area contributed by atoms with Crippen LogP contribution in [0.25, 0.3) is 5.69 Å². The third-order valence-corrected chi connectivity index (χ3v) is 5.52. The molecule has 1 aromatic heterocycles. The molecule has 0 spiro atoms. The summed E-state index contributed by atoms with van der Waals surface area (Å²) in [6, 6.07) is 13.3. The van der Waals surface area contributed by atoms with E-state index in [9.17, 15) is 14.0 Å². The van der Waals surface area contributed by atoms with Crippen LogP contribution in [-0.2, 0) is 6.42 Å². The smallest absolute Gasteiger partial charge is 0.348 e. The maximum atomic E-state index is 14.2. The van der Waals surface area contributed by atoms with E-state index in [1.807, 2.05) is 11.0 Å². The zero-order valence-corrected chi connectivity index (χ0v) is 16.7. The van der Waals surface area contributed by atoms with E-state index in [-0.39, 0.29) is 17.5 Å². The van der Waals surface area contributed by atoms with E-state index in [2.05, 4.69) is 10.2 Å². The van der Waals surface area contributed by atoms with E-state index >= 15 is 0 Å². The molecule has 0 atom stereocenters. The summed E-state index contributed by atoms with van der Waals surface area (Å²) in [5.74, 6) is 0.916. The first-order valence-corrected chi connectivity index (χ1v) is 9.91. The molecule has 1 N–H and O–H groups in total. The lowest BCUT2D eigenvalue weighted by Crippen LogP contribution is -2.39. The summed E-state index contributed by atoms with van der Waals surface area (Å²) >= 11 is 0. The SMILES string of the molecule is COc1cccc(C(=O)N2CCC(Cc3n[nH]c(=O)n3-c3ccccc3F)CC2)c1. The third kappa shape index (κ3) is 3.98. The molecule has 0 saturated carbocycles. The minimum Gasteiger partial charge on any atom is -0.497 e. The van der Waals surface area contributed by atoms with Gasteiger partial charge >= 0.3 is 5.69 Å². The van der Waals surface area contributed by atoms with Gasteiger partial charge in [0.15, 0.2) is 0 Å². The fourth-order valence-electron chi connectivity index (χ4n) is 3.89. The zero-order chi connectivity index (χ0) is 21.1. The Kier molecular flexibility index (Phi) is 5.65. The van der Waals surface area contributed by atoms with Gasteiger partial charge in [-0.05, 0) is 49.1 Å². The van der Waals surface area contributed by atoms with Crippen molar-refractivity contribution >= 4 is 5.91 Å². The number of likely N-dealkylation sites (tertiary alicyclic amines) is 1. The highest BCUT2D eigenvalue weighted by molar-refractivity contribution is 5.94. The van der Waals surface area contributed by atoms with Crippen molar-refractivity contribution in [3.05, 3.63) is 76.2 Å². The van der Waals surface area contributed by atoms with Crippen LogP contribution in [-0.4, -0.2) is 45.8 Å². The molecule has 8 heteroatoms. The number of methoxy groups -OCH3 is 1. The predicted octanol–water partition coefficient (Wildman–Crippen LogP) is 2.80. The van der Waals surface area contributed by atoms with Gasteiger partial charge in [0.1, 0.15) is 17.4 Å². The van der Waals surface area contributed by atoms with E-state index in [1.54, 1.807) is 43.5 Å². The lowest BCUT2D eigenvalue weighted by molar-refractivity contribution is 0.0689. The van der Waals surface area contributed by atoms with Crippen molar-refractivity contribution in [2.45, 2.75) is 19.3 Å². The van der Waals surface area contributed by atoms with Crippen molar-refractivity contribution in [2.24, 2.45) is 5.92 Å². The Morgan fingerprint density at radius 2 is 1.97 bits per heavy atom. The fraction of sp³-hybridized carbons (Fsp3) is 0.318. The van der Waals surface area contributed by atoms with Gasteiger partial charge in [0.2, 0.25) is 0 Å². The summed E-state index contributed by atoms with van der Waals surface area (Å²) in [5, 5.41) is 6.54. The number of aromatic amines is 1. The highest BCUT2D eigenvalue weighted by atomic mass is 19.1. The number of piperidine rings is 1. The van der Waals surface area contributed by atoms with Crippen LogP contribution in [0.15, 0.2) is 53.3 Å².